The summed E-state index contributed by atoms with van der Waals surface area (Å²) in [6.45, 7) is 3.70. The summed E-state index contributed by atoms with van der Waals surface area (Å²) in [6, 6.07) is -1.21. The van der Waals surface area contributed by atoms with Crippen molar-refractivity contribution in [2.24, 2.45) is 5.41 Å². The van der Waals surface area contributed by atoms with Crippen molar-refractivity contribution < 1.29 is 24.6 Å². The van der Waals surface area contributed by atoms with Gasteiger partial charge >= 0.3 is 11.9 Å². The van der Waals surface area contributed by atoms with Gasteiger partial charge in [-0.3, -0.25) is 19.7 Å². The molecule has 1 rings (SSSR count). The molecule has 0 radical (unpaired) electrons. The summed E-state index contributed by atoms with van der Waals surface area (Å²) in [7, 11) is 0. The highest BCUT2D eigenvalue weighted by Gasteiger charge is 2.53. The molecule has 0 spiro atoms. The van der Waals surface area contributed by atoms with E-state index < -0.39 is 35.2 Å². The third-order valence-corrected chi connectivity index (χ3v) is 4.07. The van der Waals surface area contributed by atoms with Crippen LogP contribution >= 0.6 is 0 Å². The normalized spacial score (nSPS) is 22.5. The number of Topliss-reactive ketones (excluding diaryl/α,β-unsaturated/α-hetero) is 1. The number of hydrogen-bond acceptors (Lipinski definition) is 5. The topological polar surface area (TPSA) is 116 Å². The van der Waals surface area contributed by atoms with E-state index in [-0.39, 0.29) is 13.0 Å². The maximum Gasteiger partial charge on any atom is 0.318 e. The Morgan fingerprint density at radius 3 is 2.48 bits per heavy atom. The second-order valence-corrected chi connectivity index (χ2v) is 5.54. The molecule has 0 aromatic heterocycles. The van der Waals surface area contributed by atoms with Crippen LogP contribution in [0.25, 0.3) is 0 Å². The molecule has 0 aromatic carbocycles. The van der Waals surface area contributed by atoms with Crippen molar-refractivity contribution in [1.29, 1.82) is 0 Å². The van der Waals surface area contributed by atoms with Crippen LogP contribution in [0.15, 0.2) is 0 Å². The summed E-state index contributed by atoms with van der Waals surface area (Å²) in [5.74, 6) is -2.65. The molecule has 7 heteroatoms. The van der Waals surface area contributed by atoms with Crippen LogP contribution in [0.4, 0.5) is 0 Å². The Kier molecular flexibility index (Phi) is 6.29. The largest absolute Gasteiger partial charge is 0.480 e. The van der Waals surface area contributed by atoms with Gasteiger partial charge < -0.3 is 15.5 Å². The van der Waals surface area contributed by atoms with Gasteiger partial charge in [0.15, 0.2) is 5.78 Å². The summed E-state index contributed by atoms with van der Waals surface area (Å²) in [4.78, 5) is 35.2. The predicted molar refractivity (Wildman–Crippen MR) is 76.1 cm³/mol. The van der Waals surface area contributed by atoms with E-state index in [0.29, 0.717) is 19.4 Å². The molecule has 2 unspecified atom stereocenters. The van der Waals surface area contributed by atoms with E-state index in [9.17, 15) is 19.5 Å². The highest BCUT2D eigenvalue weighted by Crippen LogP contribution is 2.35. The van der Waals surface area contributed by atoms with Crippen LogP contribution in [0.5, 0.6) is 0 Å². The number of carbonyl (C=O) groups is 3. The van der Waals surface area contributed by atoms with Crippen molar-refractivity contribution in [3.05, 3.63) is 0 Å². The van der Waals surface area contributed by atoms with Gasteiger partial charge in [0.25, 0.3) is 0 Å². The molecule has 4 N–H and O–H groups in total. The number of ketones is 1. The van der Waals surface area contributed by atoms with Crippen LogP contribution < -0.4 is 10.6 Å². The number of carboxylic acids is 2. The van der Waals surface area contributed by atoms with Gasteiger partial charge in [-0.05, 0) is 32.7 Å². The number of nitrogens with one attached hydrogen (secondary N) is 2. The quantitative estimate of drug-likeness (QED) is 0.451. The summed E-state index contributed by atoms with van der Waals surface area (Å²) < 4.78 is 0. The lowest BCUT2D eigenvalue weighted by molar-refractivity contribution is -0.158. The Morgan fingerprint density at radius 1 is 1.38 bits per heavy atom. The molecule has 3 atom stereocenters. The number of rotatable bonds is 9. The van der Waals surface area contributed by atoms with Crippen LogP contribution in [-0.4, -0.2) is 53.1 Å². The minimum absolute atomic E-state index is 0.248. The third kappa shape index (κ3) is 3.79. The summed E-state index contributed by atoms with van der Waals surface area (Å²) >= 11 is 0. The second-order valence-electron chi connectivity index (χ2n) is 5.54. The zero-order chi connectivity index (χ0) is 16.0. The first kappa shape index (κ1) is 17.6. The molecule has 1 saturated heterocycles. The van der Waals surface area contributed by atoms with Crippen molar-refractivity contribution in [2.75, 3.05) is 13.1 Å². The van der Waals surface area contributed by atoms with E-state index in [4.69, 9.17) is 5.11 Å². The molecule has 0 aliphatic carbocycles. The van der Waals surface area contributed by atoms with E-state index in [2.05, 4.69) is 10.6 Å². The van der Waals surface area contributed by atoms with E-state index in [1.165, 1.54) is 6.92 Å². The number of carboxylic acid groups (broad SMARTS) is 2. The summed E-state index contributed by atoms with van der Waals surface area (Å²) in [5, 5.41) is 24.1. The maximum atomic E-state index is 12.7. The van der Waals surface area contributed by atoms with E-state index >= 15 is 0 Å². The lowest BCUT2D eigenvalue weighted by Gasteiger charge is -2.35. The number of aliphatic carboxylic acids is 2. The molecule has 0 saturated carbocycles. The van der Waals surface area contributed by atoms with Crippen LogP contribution in [0.2, 0.25) is 0 Å². The maximum absolute atomic E-state index is 12.7. The second kappa shape index (κ2) is 7.51. The minimum Gasteiger partial charge on any atom is -0.480 e. The van der Waals surface area contributed by atoms with Crippen molar-refractivity contribution in [1.82, 2.24) is 10.6 Å². The molecule has 7 nitrogen and oxygen atoms in total. The monoisotopic (exact) mass is 300 g/mol. The Morgan fingerprint density at radius 2 is 2.05 bits per heavy atom. The molecule has 120 valence electrons. The molecule has 21 heavy (non-hydrogen) atoms. The molecule has 1 aliphatic rings. The molecule has 0 aromatic rings. The van der Waals surface area contributed by atoms with Gasteiger partial charge in [-0.15, -0.1) is 0 Å². The van der Waals surface area contributed by atoms with Gasteiger partial charge in [0.05, 0.1) is 12.6 Å². The Bertz CT molecular complexity index is 406. The zero-order valence-corrected chi connectivity index (χ0v) is 12.5. The molecule has 0 amide bonds. The van der Waals surface area contributed by atoms with Gasteiger partial charge in [-0.2, -0.15) is 0 Å². The van der Waals surface area contributed by atoms with E-state index in [1.807, 2.05) is 6.92 Å². The van der Waals surface area contributed by atoms with Crippen LogP contribution in [0.3, 0.4) is 0 Å². The average Bonchev–Trinajstić information content (AvgIpc) is 2.95. The standard InChI is InChI=1S/C14H24N2O5/c1-3-6-14(13(20)21,10-5-4-7-15-10)12(19)9(2)16-8-11(17)18/h9-10,15-16H,3-8H2,1-2H3,(H,17,18)(H,20,21)/t9-,10?,14?/m0/s1. The molecular weight excluding hydrogens is 276 g/mol. The summed E-state index contributed by atoms with van der Waals surface area (Å²) in [6.07, 6.45) is 2.30. The van der Waals surface area contributed by atoms with Gasteiger partial charge in [0.1, 0.15) is 5.41 Å². The Hall–Kier alpha value is -1.47. The van der Waals surface area contributed by atoms with Crippen LogP contribution in [-0.2, 0) is 14.4 Å². The van der Waals surface area contributed by atoms with Crippen molar-refractivity contribution >= 4 is 17.7 Å². The van der Waals surface area contributed by atoms with Crippen LogP contribution in [0.1, 0.15) is 39.5 Å². The highest BCUT2D eigenvalue weighted by molar-refractivity contribution is 6.06. The van der Waals surface area contributed by atoms with Crippen molar-refractivity contribution in [2.45, 2.75) is 51.6 Å². The molecule has 1 fully saturated rings. The lowest BCUT2D eigenvalue weighted by atomic mass is 9.70. The lowest BCUT2D eigenvalue weighted by Crippen LogP contribution is -2.58. The summed E-state index contributed by atoms with van der Waals surface area (Å²) in [5.41, 5.74) is -1.49. The minimum atomic E-state index is -1.49. The van der Waals surface area contributed by atoms with Gasteiger partial charge in [-0.1, -0.05) is 13.3 Å². The number of carbonyl (C=O) groups excluding carboxylic acids is 1. The first-order valence-electron chi connectivity index (χ1n) is 7.32. The SMILES string of the molecule is CCCC(C(=O)O)(C(=O)[C@H](C)NCC(=O)O)C1CCCN1. The molecule has 0 bridgehead atoms. The fourth-order valence-corrected chi connectivity index (χ4v) is 3.05. The Balaban J connectivity index is 3.00. The first-order chi connectivity index (χ1) is 9.86. The zero-order valence-electron chi connectivity index (χ0n) is 12.5. The van der Waals surface area contributed by atoms with E-state index in [1.54, 1.807) is 0 Å². The first-order valence-corrected chi connectivity index (χ1v) is 7.32. The fraction of sp³-hybridized carbons (Fsp3) is 0.786. The van der Waals surface area contributed by atoms with Crippen LogP contribution in [0, 0.1) is 5.41 Å². The molecule has 1 aliphatic heterocycles. The fourth-order valence-electron chi connectivity index (χ4n) is 3.05. The average molecular weight is 300 g/mol. The van der Waals surface area contributed by atoms with Gasteiger partial charge in [-0.25, -0.2) is 0 Å². The molecule has 1 heterocycles. The van der Waals surface area contributed by atoms with Crippen molar-refractivity contribution in [3.8, 4) is 0 Å². The van der Waals surface area contributed by atoms with E-state index in [0.717, 1.165) is 6.42 Å². The molecular formula is C14H24N2O5. The van der Waals surface area contributed by atoms with Crippen molar-refractivity contribution in [3.63, 3.8) is 0 Å². The Labute approximate surface area is 124 Å². The number of hydrogen-bond donors (Lipinski definition) is 4. The van der Waals surface area contributed by atoms with Gasteiger partial charge in [0.2, 0.25) is 0 Å². The van der Waals surface area contributed by atoms with Gasteiger partial charge in [0, 0.05) is 6.04 Å². The predicted octanol–water partition coefficient (Wildman–Crippen LogP) is 0.241. The smallest absolute Gasteiger partial charge is 0.318 e. The third-order valence-electron chi connectivity index (χ3n) is 4.07. The highest BCUT2D eigenvalue weighted by atomic mass is 16.4.